The van der Waals surface area contributed by atoms with Crippen molar-refractivity contribution >= 4 is 40.4 Å². The number of thiophene rings is 1. The molecule has 31 heavy (non-hydrogen) atoms. The van der Waals surface area contributed by atoms with Gasteiger partial charge in [0.2, 0.25) is 0 Å². The minimum Gasteiger partial charge on any atom is -0.496 e. The summed E-state index contributed by atoms with van der Waals surface area (Å²) in [7, 11) is 1.60. The van der Waals surface area contributed by atoms with Crippen LogP contribution in [0.1, 0.15) is 33.4 Å². The van der Waals surface area contributed by atoms with Crippen LogP contribution in [0, 0.1) is 6.92 Å². The van der Waals surface area contributed by atoms with Crippen molar-refractivity contribution in [2.45, 2.75) is 37.8 Å². The first-order chi connectivity index (χ1) is 15.0. The second kappa shape index (κ2) is 9.07. The van der Waals surface area contributed by atoms with E-state index in [0.29, 0.717) is 46.3 Å². The van der Waals surface area contributed by atoms with Crippen LogP contribution < -0.4 is 10.3 Å². The number of methoxy groups -OCH3 is 1. The molecular weight excluding hydrogens is 432 g/mol. The third-order valence-corrected chi connectivity index (χ3v) is 6.86. The number of nitrogens with zero attached hydrogens (tertiary/aromatic N) is 4. The van der Waals surface area contributed by atoms with Gasteiger partial charge in [0.1, 0.15) is 17.6 Å². The molecule has 7 nitrogen and oxygen atoms in total. The van der Waals surface area contributed by atoms with Crippen molar-refractivity contribution in [1.82, 2.24) is 19.3 Å². The maximum absolute atomic E-state index is 13.5. The van der Waals surface area contributed by atoms with Gasteiger partial charge in [0.25, 0.3) is 5.56 Å². The molecule has 0 N–H and O–H groups in total. The van der Waals surface area contributed by atoms with Gasteiger partial charge < -0.3 is 4.74 Å². The minimum atomic E-state index is -0.100. The number of thioether (sulfide) groups is 1. The van der Waals surface area contributed by atoms with Crippen molar-refractivity contribution in [3.63, 3.8) is 0 Å². The van der Waals surface area contributed by atoms with Crippen LogP contribution >= 0.6 is 23.1 Å². The van der Waals surface area contributed by atoms with Crippen LogP contribution in [0.2, 0.25) is 0 Å². The lowest BCUT2D eigenvalue weighted by Gasteiger charge is -2.13. The van der Waals surface area contributed by atoms with Crippen molar-refractivity contribution in [2.24, 2.45) is 0 Å². The number of carbonyl (C=O) groups is 1. The number of fused-ring (bicyclic) bond motifs is 1. The Morgan fingerprint density at radius 2 is 2.13 bits per heavy atom. The highest BCUT2D eigenvalue weighted by Crippen LogP contribution is 2.29. The number of hydrogen-bond donors (Lipinski definition) is 0. The number of aryl methyl sites for hydroxylation is 2. The summed E-state index contributed by atoms with van der Waals surface area (Å²) in [6.07, 6.45) is 0.813. The topological polar surface area (TPSA) is 79.0 Å². The average molecular weight is 455 g/mol. The van der Waals surface area contributed by atoms with E-state index in [-0.39, 0.29) is 5.56 Å². The van der Waals surface area contributed by atoms with Gasteiger partial charge in [0.15, 0.2) is 10.7 Å². The third-order valence-electron chi connectivity index (χ3n) is 4.97. The lowest BCUT2D eigenvalue weighted by Crippen LogP contribution is -2.25. The summed E-state index contributed by atoms with van der Waals surface area (Å²) in [5, 5.41) is 7.10. The maximum Gasteiger partial charge on any atom is 0.280 e. The molecular formula is C22H22N4O3S2. The number of aromatic nitrogens is 4. The number of hydrogen-bond acceptors (Lipinski definition) is 7. The average Bonchev–Trinajstić information content (AvgIpc) is 3.41. The second-order valence-electron chi connectivity index (χ2n) is 6.94. The molecule has 0 aliphatic carbocycles. The highest BCUT2D eigenvalue weighted by Gasteiger charge is 2.19. The molecule has 0 atom stereocenters. The van der Waals surface area contributed by atoms with E-state index in [1.807, 2.05) is 31.4 Å². The highest BCUT2D eigenvalue weighted by molar-refractivity contribution is 7.98. The third kappa shape index (κ3) is 4.15. The molecule has 1 aromatic carbocycles. The summed E-state index contributed by atoms with van der Waals surface area (Å²) < 4.78 is 8.88. The lowest BCUT2D eigenvalue weighted by atomic mass is 10.1. The quantitative estimate of drug-likeness (QED) is 0.226. The Labute approximate surface area is 187 Å². The molecule has 0 unspecified atom stereocenters. The van der Waals surface area contributed by atoms with Crippen LogP contribution in [0.5, 0.6) is 5.75 Å². The van der Waals surface area contributed by atoms with E-state index in [1.165, 1.54) is 11.8 Å². The molecule has 0 bridgehead atoms. The predicted octanol–water partition coefficient (Wildman–Crippen LogP) is 4.14. The largest absolute Gasteiger partial charge is 0.496 e. The summed E-state index contributed by atoms with van der Waals surface area (Å²) in [5.74, 6) is 1.20. The first-order valence-electron chi connectivity index (χ1n) is 9.81. The first-order valence-corrected chi connectivity index (χ1v) is 11.7. The molecule has 3 heterocycles. The Bertz CT molecular complexity index is 1290. The SMILES string of the molecule is CCn1nc(C)c2nc(SCc3cc(C=O)ccc3OC)n(Cc3cccs3)c(=O)c21. The van der Waals surface area contributed by atoms with Crippen LogP contribution in [0.15, 0.2) is 45.7 Å². The molecule has 160 valence electrons. The van der Waals surface area contributed by atoms with E-state index in [1.54, 1.807) is 45.9 Å². The number of rotatable bonds is 8. The van der Waals surface area contributed by atoms with Crippen molar-refractivity contribution in [3.8, 4) is 5.75 Å². The van der Waals surface area contributed by atoms with Gasteiger partial charge in [-0.2, -0.15) is 5.10 Å². The van der Waals surface area contributed by atoms with Crippen LogP contribution in [-0.2, 0) is 18.8 Å². The normalized spacial score (nSPS) is 11.2. The molecule has 0 amide bonds. The Balaban J connectivity index is 1.80. The molecule has 0 radical (unpaired) electrons. The van der Waals surface area contributed by atoms with Gasteiger partial charge in [0, 0.05) is 28.3 Å². The lowest BCUT2D eigenvalue weighted by molar-refractivity contribution is 0.112. The number of carbonyl (C=O) groups excluding carboxylic acids is 1. The van der Waals surface area contributed by atoms with E-state index in [2.05, 4.69) is 5.10 Å². The Kier molecular flexibility index (Phi) is 6.24. The van der Waals surface area contributed by atoms with Crippen LogP contribution in [-0.4, -0.2) is 32.7 Å². The van der Waals surface area contributed by atoms with E-state index >= 15 is 0 Å². The molecule has 0 aliphatic rings. The molecule has 4 rings (SSSR count). The highest BCUT2D eigenvalue weighted by atomic mass is 32.2. The van der Waals surface area contributed by atoms with E-state index in [4.69, 9.17) is 9.72 Å². The predicted molar refractivity (Wildman–Crippen MR) is 124 cm³/mol. The van der Waals surface area contributed by atoms with Gasteiger partial charge in [0.05, 0.1) is 19.3 Å². The molecule has 0 fully saturated rings. The maximum atomic E-state index is 13.5. The zero-order valence-electron chi connectivity index (χ0n) is 17.5. The molecule has 0 aliphatic heterocycles. The van der Waals surface area contributed by atoms with Gasteiger partial charge in [-0.3, -0.25) is 18.8 Å². The fraction of sp³-hybridized carbons (Fsp3) is 0.273. The van der Waals surface area contributed by atoms with Crippen molar-refractivity contribution in [3.05, 3.63) is 67.8 Å². The Morgan fingerprint density at radius 3 is 2.81 bits per heavy atom. The van der Waals surface area contributed by atoms with Crippen molar-refractivity contribution in [2.75, 3.05) is 7.11 Å². The van der Waals surface area contributed by atoms with Gasteiger partial charge >= 0.3 is 0 Å². The van der Waals surface area contributed by atoms with Gasteiger partial charge in [-0.15, -0.1) is 11.3 Å². The van der Waals surface area contributed by atoms with Gasteiger partial charge in [-0.05, 0) is 43.5 Å². The molecule has 3 aromatic heterocycles. The molecule has 0 saturated heterocycles. The molecule has 9 heteroatoms. The van der Waals surface area contributed by atoms with Crippen LogP contribution in [0.3, 0.4) is 0 Å². The van der Waals surface area contributed by atoms with E-state index in [9.17, 15) is 9.59 Å². The Hall–Kier alpha value is -2.91. The van der Waals surface area contributed by atoms with Crippen LogP contribution in [0.4, 0.5) is 0 Å². The molecule has 0 saturated carbocycles. The minimum absolute atomic E-state index is 0.100. The van der Waals surface area contributed by atoms with E-state index < -0.39 is 0 Å². The number of benzene rings is 1. The number of ether oxygens (including phenoxy) is 1. The monoisotopic (exact) mass is 454 g/mol. The number of aldehydes is 1. The second-order valence-corrected chi connectivity index (χ2v) is 8.92. The smallest absolute Gasteiger partial charge is 0.280 e. The van der Waals surface area contributed by atoms with Crippen LogP contribution in [0.25, 0.3) is 11.0 Å². The fourth-order valence-corrected chi connectivity index (χ4v) is 5.11. The van der Waals surface area contributed by atoms with Crippen molar-refractivity contribution in [1.29, 1.82) is 0 Å². The summed E-state index contributed by atoms with van der Waals surface area (Å²) in [6.45, 7) is 4.88. The van der Waals surface area contributed by atoms with Crippen molar-refractivity contribution < 1.29 is 9.53 Å². The Morgan fingerprint density at radius 1 is 1.29 bits per heavy atom. The van der Waals surface area contributed by atoms with Gasteiger partial charge in [-0.25, -0.2) is 4.98 Å². The summed E-state index contributed by atoms with van der Waals surface area (Å²) in [4.78, 5) is 30.6. The summed E-state index contributed by atoms with van der Waals surface area (Å²) >= 11 is 3.05. The van der Waals surface area contributed by atoms with E-state index in [0.717, 1.165) is 22.4 Å². The summed E-state index contributed by atoms with van der Waals surface area (Å²) in [6, 6.07) is 9.29. The zero-order valence-corrected chi connectivity index (χ0v) is 19.1. The first kappa shape index (κ1) is 21.3. The van der Waals surface area contributed by atoms with Gasteiger partial charge in [-0.1, -0.05) is 17.8 Å². The zero-order chi connectivity index (χ0) is 22.0. The fourth-order valence-electron chi connectivity index (χ4n) is 3.45. The molecule has 4 aromatic rings. The summed E-state index contributed by atoms with van der Waals surface area (Å²) in [5.41, 5.74) is 3.24. The molecule has 0 spiro atoms. The standard InChI is InChI=1S/C22H22N4O3S2/c1-4-26-20-19(14(2)24-26)23-22(25(21(20)28)11-17-6-5-9-30-17)31-13-16-10-15(12-27)7-8-18(16)29-3/h5-10,12H,4,11,13H2,1-3H3.